The van der Waals surface area contributed by atoms with Crippen LogP contribution in [-0.4, -0.2) is 36.6 Å². The second kappa shape index (κ2) is 5.61. The molecule has 2 N–H and O–H groups in total. The minimum atomic E-state index is 0.0611. The Balaban J connectivity index is 2.22. The first kappa shape index (κ1) is 13.9. The quantitative estimate of drug-likeness (QED) is 0.831. The lowest BCUT2D eigenvalue weighted by atomic mass is 10.0. The van der Waals surface area contributed by atoms with E-state index < -0.39 is 0 Å². The molecule has 0 aliphatic carbocycles. The Morgan fingerprint density at radius 3 is 2.84 bits per heavy atom. The van der Waals surface area contributed by atoms with Crippen LogP contribution in [0.3, 0.4) is 0 Å². The molecule has 4 nitrogen and oxygen atoms in total. The molecule has 1 aliphatic rings. The van der Waals surface area contributed by atoms with Gasteiger partial charge in [-0.3, -0.25) is 4.79 Å². The highest BCUT2D eigenvalue weighted by Crippen LogP contribution is 2.20. The molecule has 0 aromatic heterocycles. The number of aryl methyl sites for hydroxylation is 2. The second-order valence-electron chi connectivity index (χ2n) is 5.18. The van der Waals surface area contributed by atoms with Gasteiger partial charge in [-0.2, -0.15) is 0 Å². The molecule has 0 spiro atoms. The molecule has 4 heteroatoms. The molecule has 0 bridgehead atoms. The van der Waals surface area contributed by atoms with Crippen LogP contribution in [0.1, 0.15) is 34.8 Å². The standard InChI is InChI=1S/C15H22N2O2/c1-4-12-9-17(5-6-19-12)15(18)13-8-14(16)11(3)7-10(13)2/h7-8,12H,4-6,9,16H2,1-3H3. The zero-order valence-corrected chi connectivity index (χ0v) is 11.9. The summed E-state index contributed by atoms with van der Waals surface area (Å²) in [6, 6.07) is 3.77. The molecule has 0 radical (unpaired) electrons. The van der Waals surface area contributed by atoms with Crippen LogP contribution in [0.15, 0.2) is 12.1 Å². The third-order valence-corrected chi connectivity index (χ3v) is 3.72. The van der Waals surface area contributed by atoms with Crippen LogP contribution in [0, 0.1) is 13.8 Å². The Labute approximate surface area is 114 Å². The molecule has 1 heterocycles. The van der Waals surface area contributed by atoms with Gasteiger partial charge in [-0.25, -0.2) is 0 Å². The number of amides is 1. The monoisotopic (exact) mass is 262 g/mol. The predicted octanol–water partition coefficient (Wildman–Crippen LogP) is 2.14. The van der Waals surface area contributed by atoms with E-state index in [2.05, 4.69) is 6.92 Å². The van der Waals surface area contributed by atoms with Gasteiger partial charge in [-0.05, 0) is 37.5 Å². The van der Waals surface area contributed by atoms with Crippen molar-refractivity contribution in [2.75, 3.05) is 25.4 Å². The fourth-order valence-electron chi connectivity index (χ4n) is 2.42. The Kier molecular flexibility index (Phi) is 4.10. The number of morpholine rings is 1. The smallest absolute Gasteiger partial charge is 0.254 e. The summed E-state index contributed by atoms with van der Waals surface area (Å²) in [5, 5.41) is 0. The Hall–Kier alpha value is -1.55. The van der Waals surface area contributed by atoms with Gasteiger partial charge in [0, 0.05) is 24.3 Å². The number of benzene rings is 1. The number of nitrogens with zero attached hydrogens (tertiary/aromatic N) is 1. The van der Waals surface area contributed by atoms with E-state index in [1.165, 1.54) is 0 Å². The molecule has 1 atom stereocenters. The van der Waals surface area contributed by atoms with E-state index in [1.807, 2.05) is 24.8 Å². The first-order valence-corrected chi connectivity index (χ1v) is 6.80. The number of anilines is 1. The van der Waals surface area contributed by atoms with Gasteiger partial charge in [0.05, 0.1) is 12.7 Å². The number of rotatable bonds is 2. The van der Waals surface area contributed by atoms with Gasteiger partial charge >= 0.3 is 0 Å². The molecule has 1 unspecified atom stereocenters. The lowest BCUT2D eigenvalue weighted by Gasteiger charge is -2.33. The molecule has 1 amide bonds. The van der Waals surface area contributed by atoms with E-state index in [0.717, 1.165) is 17.5 Å². The van der Waals surface area contributed by atoms with Crippen molar-refractivity contribution in [3.8, 4) is 0 Å². The minimum Gasteiger partial charge on any atom is -0.398 e. The van der Waals surface area contributed by atoms with Crippen molar-refractivity contribution in [3.63, 3.8) is 0 Å². The second-order valence-corrected chi connectivity index (χ2v) is 5.18. The van der Waals surface area contributed by atoms with Crippen LogP contribution in [0.4, 0.5) is 5.69 Å². The third kappa shape index (κ3) is 2.89. The lowest BCUT2D eigenvalue weighted by Crippen LogP contribution is -2.45. The molecule has 1 aromatic carbocycles. The number of hydrogen-bond donors (Lipinski definition) is 1. The van der Waals surface area contributed by atoms with E-state index in [9.17, 15) is 4.79 Å². The van der Waals surface area contributed by atoms with E-state index in [-0.39, 0.29) is 12.0 Å². The summed E-state index contributed by atoms with van der Waals surface area (Å²) in [7, 11) is 0. The van der Waals surface area contributed by atoms with E-state index >= 15 is 0 Å². The summed E-state index contributed by atoms with van der Waals surface area (Å²) in [5.74, 6) is 0.0611. The highest BCUT2D eigenvalue weighted by atomic mass is 16.5. The Bertz CT molecular complexity index is 485. The predicted molar refractivity (Wildman–Crippen MR) is 76.3 cm³/mol. The van der Waals surface area contributed by atoms with Crippen LogP contribution in [-0.2, 0) is 4.74 Å². The van der Waals surface area contributed by atoms with Crippen molar-refractivity contribution in [1.82, 2.24) is 4.90 Å². The molecule has 1 saturated heterocycles. The number of ether oxygens (including phenoxy) is 1. The zero-order valence-electron chi connectivity index (χ0n) is 11.9. The number of carbonyl (C=O) groups is 1. The largest absolute Gasteiger partial charge is 0.398 e. The number of nitrogens with two attached hydrogens (primary N) is 1. The molecule has 2 rings (SSSR count). The molecule has 1 aromatic rings. The van der Waals surface area contributed by atoms with Gasteiger partial charge in [0.15, 0.2) is 0 Å². The molecule has 1 fully saturated rings. The Morgan fingerprint density at radius 1 is 1.42 bits per heavy atom. The van der Waals surface area contributed by atoms with Crippen LogP contribution in [0.2, 0.25) is 0 Å². The SMILES string of the molecule is CCC1CN(C(=O)c2cc(N)c(C)cc2C)CCO1. The maximum atomic E-state index is 12.6. The fourth-order valence-corrected chi connectivity index (χ4v) is 2.42. The fraction of sp³-hybridized carbons (Fsp3) is 0.533. The summed E-state index contributed by atoms with van der Waals surface area (Å²) < 4.78 is 5.60. The summed E-state index contributed by atoms with van der Waals surface area (Å²) in [4.78, 5) is 14.4. The number of nitrogen functional groups attached to an aromatic ring is 1. The normalized spacial score (nSPS) is 19.5. The van der Waals surface area contributed by atoms with E-state index in [1.54, 1.807) is 6.07 Å². The molecule has 104 valence electrons. The van der Waals surface area contributed by atoms with Crippen LogP contribution >= 0.6 is 0 Å². The molecular weight excluding hydrogens is 240 g/mol. The third-order valence-electron chi connectivity index (χ3n) is 3.72. The Morgan fingerprint density at radius 2 is 2.16 bits per heavy atom. The molecule has 1 aliphatic heterocycles. The van der Waals surface area contributed by atoms with Gasteiger partial charge in [0.2, 0.25) is 0 Å². The highest BCUT2D eigenvalue weighted by Gasteiger charge is 2.25. The summed E-state index contributed by atoms with van der Waals surface area (Å²) in [6.07, 6.45) is 1.08. The lowest BCUT2D eigenvalue weighted by molar-refractivity contribution is -0.0226. The van der Waals surface area contributed by atoms with Gasteiger partial charge in [0.1, 0.15) is 0 Å². The molecule has 0 saturated carbocycles. The van der Waals surface area contributed by atoms with Crippen LogP contribution < -0.4 is 5.73 Å². The summed E-state index contributed by atoms with van der Waals surface area (Å²) in [6.45, 7) is 7.93. The van der Waals surface area contributed by atoms with Crippen molar-refractivity contribution in [2.24, 2.45) is 0 Å². The van der Waals surface area contributed by atoms with Crippen molar-refractivity contribution >= 4 is 11.6 Å². The van der Waals surface area contributed by atoms with Crippen LogP contribution in [0.25, 0.3) is 0 Å². The maximum absolute atomic E-state index is 12.6. The van der Waals surface area contributed by atoms with Crippen molar-refractivity contribution < 1.29 is 9.53 Å². The summed E-state index contributed by atoms with van der Waals surface area (Å²) >= 11 is 0. The molecular formula is C15H22N2O2. The van der Waals surface area contributed by atoms with Gasteiger partial charge in [0.25, 0.3) is 5.91 Å². The highest BCUT2D eigenvalue weighted by molar-refractivity contribution is 5.96. The average Bonchev–Trinajstić information content (AvgIpc) is 2.42. The van der Waals surface area contributed by atoms with Crippen molar-refractivity contribution in [3.05, 3.63) is 28.8 Å². The zero-order chi connectivity index (χ0) is 14.0. The van der Waals surface area contributed by atoms with E-state index in [4.69, 9.17) is 10.5 Å². The average molecular weight is 262 g/mol. The number of carbonyl (C=O) groups excluding carboxylic acids is 1. The topological polar surface area (TPSA) is 55.6 Å². The maximum Gasteiger partial charge on any atom is 0.254 e. The van der Waals surface area contributed by atoms with E-state index in [0.29, 0.717) is 30.9 Å². The first-order chi connectivity index (χ1) is 9.02. The number of hydrogen-bond acceptors (Lipinski definition) is 3. The van der Waals surface area contributed by atoms with Crippen molar-refractivity contribution in [2.45, 2.75) is 33.3 Å². The van der Waals surface area contributed by atoms with Crippen LogP contribution in [0.5, 0.6) is 0 Å². The van der Waals surface area contributed by atoms with Gasteiger partial charge < -0.3 is 15.4 Å². The van der Waals surface area contributed by atoms with Gasteiger partial charge in [-0.1, -0.05) is 13.0 Å². The minimum absolute atomic E-state index is 0.0611. The summed E-state index contributed by atoms with van der Waals surface area (Å²) in [5.41, 5.74) is 9.30. The molecule has 19 heavy (non-hydrogen) atoms. The van der Waals surface area contributed by atoms with Crippen molar-refractivity contribution in [1.29, 1.82) is 0 Å². The van der Waals surface area contributed by atoms with Gasteiger partial charge in [-0.15, -0.1) is 0 Å². The first-order valence-electron chi connectivity index (χ1n) is 6.80.